The van der Waals surface area contributed by atoms with E-state index in [4.69, 9.17) is 25.5 Å². The minimum atomic E-state index is -0.782. The van der Waals surface area contributed by atoms with Crippen LogP contribution < -0.4 is 19.8 Å². The summed E-state index contributed by atoms with van der Waals surface area (Å²) in [5.74, 6) is 0.602. The van der Waals surface area contributed by atoms with Crippen molar-refractivity contribution in [3.8, 4) is 11.5 Å². The highest BCUT2D eigenvalue weighted by molar-refractivity contribution is 7.13. The number of rotatable bonds is 6. The number of nitrogens with zero attached hydrogens (tertiary/aromatic N) is 3. The molecule has 10 heteroatoms. The number of aromatic nitrogens is 2. The summed E-state index contributed by atoms with van der Waals surface area (Å²) in [6, 6.07) is 9.30. The molecule has 168 valence electrons. The second kappa shape index (κ2) is 8.49. The van der Waals surface area contributed by atoms with Gasteiger partial charge in [0.15, 0.2) is 16.9 Å². The average molecular weight is 484 g/mol. The SMILES string of the molecule is CCOc1ccc(C2c3c(oc4ccc(Cl)cc4c3=O)C(=O)N2c2nncs2)cc1OCC. The fourth-order valence-electron chi connectivity index (χ4n) is 3.97. The molecule has 0 saturated heterocycles. The highest BCUT2D eigenvalue weighted by Crippen LogP contribution is 2.43. The molecule has 0 bridgehead atoms. The zero-order valence-electron chi connectivity index (χ0n) is 17.7. The summed E-state index contributed by atoms with van der Waals surface area (Å²) in [7, 11) is 0. The van der Waals surface area contributed by atoms with Crippen molar-refractivity contribution >= 4 is 44.9 Å². The van der Waals surface area contributed by atoms with Gasteiger partial charge in [0.2, 0.25) is 10.9 Å². The molecule has 0 radical (unpaired) electrons. The molecule has 1 aliphatic heterocycles. The first-order chi connectivity index (χ1) is 16.0. The minimum absolute atomic E-state index is 0.0260. The summed E-state index contributed by atoms with van der Waals surface area (Å²) < 4.78 is 17.4. The van der Waals surface area contributed by atoms with E-state index in [1.54, 1.807) is 36.4 Å². The van der Waals surface area contributed by atoms with Crippen LogP contribution in [-0.4, -0.2) is 29.3 Å². The van der Waals surface area contributed by atoms with E-state index in [9.17, 15) is 9.59 Å². The fraction of sp³-hybridized carbons (Fsp3) is 0.217. The lowest BCUT2D eigenvalue weighted by Crippen LogP contribution is -2.29. The Bertz CT molecular complexity index is 1420. The van der Waals surface area contributed by atoms with Gasteiger partial charge in [0, 0.05) is 5.02 Å². The Morgan fingerprint density at radius 2 is 1.88 bits per heavy atom. The summed E-state index contributed by atoms with van der Waals surface area (Å²) in [4.78, 5) is 28.5. The fourth-order valence-corrected chi connectivity index (χ4v) is 4.72. The zero-order valence-corrected chi connectivity index (χ0v) is 19.3. The maximum Gasteiger partial charge on any atom is 0.297 e. The minimum Gasteiger partial charge on any atom is -0.490 e. The van der Waals surface area contributed by atoms with Crippen molar-refractivity contribution in [1.29, 1.82) is 0 Å². The maximum absolute atomic E-state index is 13.6. The second-order valence-corrected chi connectivity index (χ2v) is 8.43. The van der Waals surface area contributed by atoms with E-state index in [0.29, 0.717) is 45.8 Å². The largest absolute Gasteiger partial charge is 0.490 e. The van der Waals surface area contributed by atoms with E-state index >= 15 is 0 Å². The lowest BCUT2D eigenvalue weighted by molar-refractivity contribution is 0.0970. The molecule has 1 unspecified atom stereocenters. The van der Waals surface area contributed by atoms with Gasteiger partial charge < -0.3 is 13.9 Å². The smallest absolute Gasteiger partial charge is 0.297 e. The molecule has 0 aliphatic carbocycles. The Balaban J connectivity index is 1.77. The summed E-state index contributed by atoms with van der Waals surface area (Å²) in [5.41, 5.74) is 2.36. The summed E-state index contributed by atoms with van der Waals surface area (Å²) in [5, 5.41) is 9.00. The van der Waals surface area contributed by atoms with Crippen molar-refractivity contribution in [2.45, 2.75) is 19.9 Å². The molecule has 4 aromatic rings. The number of carbonyl (C=O) groups is 1. The van der Waals surface area contributed by atoms with Crippen molar-refractivity contribution < 1.29 is 18.7 Å². The number of hydrogen-bond acceptors (Lipinski definition) is 8. The average Bonchev–Trinajstić information content (AvgIpc) is 3.43. The third kappa shape index (κ3) is 3.53. The molecular formula is C23H18ClN3O5S. The molecule has 0 fully saturated rings. The number of amides is 1. The molecule has 0 N–H and O–H groups in total. The van der Waals surface area contributed by atoms with Gasteiger partial charge in [0.1, 0.15) is 11.1 Å². The van der Waals surface area contributed by atoms with Crippen molar-refractivity contribution in [3.05, 3.63) is 74.0 Å². The predicted octanol–water partition coefficient (Wildman–Crippen LogP) is 4.85. The highest BCUT2D eigenvalue weighted by Gasteiger charge is 2.45. The molecule has 1 atom stereocenters. The Hall–Kier alpha value is -3.43. The molecule has 2 aromatic heterocycles. The Morgan fingerprint density at radius 3 is 2.61 bits per heavy atom. The molecule has 5 rings (SSSR count). The predicted molar refractivity (Wildman–Crippen MR) is 125 cm³/mol. The number of ether oxygens (including phenoxy) is 2. The van der Waals surface area contributed by atoms with Crippen molar-refractivity contribution in [2.75, 3.05) is 18.1 Å². The molecule has 8 nitrogen and oxygen atoms in total. The molecule has 3 heterocycles. The molecule has 1 aliphatic rings. The van der Waals surface area contributed by atoms with E-state index in [0.717, 1.165) is 0 Å². The van der Waals surface area contributed by atoms with E-state index in [1.807, 2.05) is 13.8 Å². The zero-order chi connectivity index (χ0) is 23.1. The van der Waals surface area contributed by atoms with Gasteiger partial charge in [-0.25, -0.2) is 0 Å². The van der Waals surface area contributed by atoms with Crippen molar-refractivity contribution in [2.24, 2.45) is 0 Å². The second-order valence-electron chi connectivity index (χ2n) is 7.19. The quantitative estimate of drug-likeness (QED) is 0.387. The van der Waals surface area contributed by atoms with Crippen LogP contribution in [0.2, 0.25) is 5.02 Å². The first-order valence-electron chi connectivity index (χ1n) is 10.3. The Morgan fingerprint density at radius 1 is 1.09 bits per heavy atom. The van der Waals surface area contributed by atoms with Gasteiger partial charge in [0.25, 0.3) is 5.91 Å². The molecule has 1 amide bonds. The molecule has 2 aromatic carbocycles. The summed E-state index contributed by atoms with van der Waals surface area (Å²) in [6.07, 6.45) is 0. The monoisotopic (exact) mass is 483 g/mol. The van der Waals surface area contributed by atoms with E-state index in [-0.39, 0.29) is 22.3 Å². The van der Waals surface area contributed by atoms with Gasteiger partial charge in [-0.05, 0) is 49.7 Å². The van der Waals surface area contributed by atoms with Gasteiger partial charge >= 0.3 is 0 Å². The van der Waals surface area contributed by atoms with Crippen LogP contribution in [-0.2, 0) is 0 Å². The summed E-state index contributed by atoms with van der Waals surface area (Å²) >= 11 is 7.32. The van der Waals surface area contributed by atoms with Gasteiger partial charge in [-0.15, -0.1) is 10.2 Å². The van der Waals surface area contributed by atoms with Crippen LogP contribution in [0.5, 0.6) is 11.5 Å². The first kappa shape index (κ1) is 21.4. The molecule has 0 spiro atoms. The normalized spacial score (nSPS) is 15.2. The number of hydrogen-bond donors (Lipinski definition) is 0. The number of anilines is 1. The number of carbonyl (C=O) groups excluding carboxylic acids is 1. The van der Waals surface area contributed by atoms with Crippen LogP contribution in [0.1, 0.15) is 41.6 Å². The number of benzene rings is 2. The lowest BCUT2D eigenvalue weighted by atomic mass is 9.98. The highest BCUT2D eigenvalue weighted by atomic mass is 35.5. The maximum atomic E-state index is 13.6. The Kier molecular flexibility index (Phi) is 5.51. The van der Waals surface area contributed by atoms with Gasteiger partial charge in [-0.2, -0.15) is 0 Å². The van der Waals surface area contributed by atoms with Crippen LogP contribution in [0.15, 0.2) is 51.1 Å². The topological polar surface area (TPSA) is 94.8 Å². The van der Waals surface area contributed by atoms with Crippen LogP contribution in [0.4, 0.5) is 5.13 Å². The Labute approximate surface area is 197 Å². The van der Waals surface area contributed by atoms with E-state index in [1.165, 1.54) is 21.7 Å². The first-order valence-corrected chi connectivity index (χ1v) is 11.5. The third-order valence-corrected chi connectivity index (χ3v) is 6.19. The van der Waals surface area contributed by atoms with Crippen LogP contribution in [0.3, 0.4) is 0 Å². The lowest BCUT2D eigenvalue weighted by Gasteiger charge is -2.23. The van der Waals surface area contributed by atoms with E-state index in [2.05, 4.69) is 10.2 Å². The summed E-state index contributed by atoms with van der Waals surface area (Å²) in [6.45, 7) is 4.65. The van der Waals surface area contributed by atoms with Crippen molar-refractivity contribution in [1.82, 2.24) is 10.2 Å². The molecule has 33 heavy (non-hydrogen) atoms. The van der Waals surface area contributed by atoms with Gasteiger partial charge in [-0.1, -0.05) is 29.0 Å². The number of halogens is 1. The van der Waals surface area contributed by atoms with Crippen molar-refractivity contribution in [3.63, 3.8) is 0 Å². The third-order valence-electron chi connectivity index (χ3n) is 5.27. The van der Waals surface area contributed by atoms with E-state index < -0.39 is 11.9 Å². The molecular weight excluding hydrogens is 466 g/mol. The standard InChI is InChI=1S/C23H18ClN3O5S/c1-3-30-16-7-5-12(9-17(16)31-4-2)19-18-20(28)14-10-13(24)6-8-15(14)32-21(18)22(29)27(19)23-26-25-11-33-23/h5-11,19H,3-4H2,1-2H3. The van der Waals surface area contributed by atoms with Crippen LogP contribution >= 0.6 is 22.9 Å². The van der Waals surface area contributed by atoms with Gasteiger partial charge in [-0.3, -0.25) is 14.5 Å². The van der Waals surface area contributed by atoms with Crippen LogP contribution in [0.25, 0.3) is 11.0 Å². The van der Waals surface area contributed by atoms with Crippen LogP contribution in [0, 0.1) is 0 Å². The molecule has 0 saturated carbocycles. The van der Waals surface area contributed by atoms with Gasteiger partial charge in [0.05, 0.1) is 30.2 Å². The number of fused-ring (bicyclic) bond motifs is 2.